The second-order valence-corrected chi connectivity index (χ2v) is 12.1. The smallest absolute Gasteiger partial charge is 0.338 e. The average molecular weight is 612 g/mol. The Morgan fingerprint density at radius 3 is 2.36 bits per heavy atom. The fourth-order valence-electron chi connectivity index (χ4n) is 5.55. The Balaban J connectivity index is 1.38. The van der Waals surface area contributed by atoms with E-state index in [1.165, 1.54) is 41.0 Å². The third-order valence-corrected chi connectivity index (χ3v) is 10.2. The molecule has 2 aromatic carbocycles. The molecule has 3 aromatic rings. The van der Waals surface area contributed by atoms with Crippen molar-refractivity contribution in [3.05, 3.63) is 80.0 Å². The minimum atomic E-state index is -0.886. The molecular formula is C29H26FN3O7S2. The number of esters is 1. The Labute approximate surface area is 248 Å². The number of ether oxygens (including phenoxy) is 2. The second-order valence-electron chi connectivity index (χ2n) is 9.99. The molecule has 0 saturated carbocycles. The van der Waals surface area contributed by atoms with Crippen LogP contribution in [0.3, 0.4) is 0 Å². The molecule has 4 heterocycles. The molecule has 3 amide bonds. The number of halogens is 1. The third-order valence-electron chi connectivity index (χ3n) is 7.57. The molecule has 1 aromatic heterocycles. The summed E-state index contributed by atoms with van der Waals surface area (Å²) in [6, 6.07) is 11.7. The molecule has 42 heavy (non-hydrogen) atoms. The molecule has 3 atom stereocenters. The number of nitrogens with zero attached hydrogens (tertiary/aromatic N) is 3. The van der Waals surface area contributed by atoms with Crippen molar-refractivity contribution in [1.82, 2.24) is 9.47 Å². The largest absolute Gasteiger partial charge is 0.462 e. The van der Waals surface area contributed by atoms with Gasteiger partial charge in [-0.1, -0.05) is 35.2 Å². The van der Waals surface area contributed by atoms with Gasteiger partial charge in [0, 0.05) is 23.9 Å². The van der Waals surface area contributed by atoms with Gasteiger partial charge in [-0.2, -0.15) is 0 Å². The van der Waals surface area contributed by atoms with Gasteiger partial charge in [-0.05, 0) is 48.9 Å². The second kappa shape index (κ2) is 11.5. The van der Waals surface area contributed by atoms with E-state index in [1.807, 2.05) is 0 Å². The van der Waals surface area contributed by atoms with E-state index >= 15 is 0 Å². The SMILES string of the molecule is CCOC(=O)c1ccc(N2C(=O)C3Sc4c(sc(=O)n4CC(=O)N4CCOCC4)[C@@H](c4ccc(F)cc4)C3C2=O)cc1. The van der Waals surface area contributed by atoms with E-state index in [9.17, 15) is 28.4 Å². The molecule has 3 aliphatic rings. The number of carbonyl (C=O) groups excluding carboxylic acids is 4. The Morgan fingerprint density at radius 2 is 1.69 bits per heavy atom. The van der Waals surface area contributed by atoms with Gasteiger partial charge in [-0.25, -0.2) is 14.1 Å². The fourth-order valence-corrected chi connectivity index (χ4v) is 8.32. The number of amides is 3. The maximum absolute atomic E-state index is 14.0. The van der Waals surface area contributed by atoms with Crippen molar-refractivity contribution in [3.8, 4) is 0 Å². The molecule has 2 fully saturated rings. The highest BCUT2D eigenvalue weighted by atomic mass is 32.2. The normalized spacial score (nSPS) is 21.7. The lowest BCUT2D eigenvalue weighted by atomic mass is 9.83. The quantitative estimate of drug-likeness (QED) is 0.309. The molecule has 6 rings (SSSR count). The number of hydrogen-bond acceptors (Lipinski definition) is 9. The number of thiazole rings is 1. The maximum atomic E-state index is 14.0. The molecule has 0 aliphatic carbocycles. The van der Waals surface area contributed by atoms with Crippen LogP contribution in [0.1, 0.15) is 33.6 Å². The summed E-state index contributed by atoms with van der Waals surface area (Å²) in [5, 5.41) is -0.425. The topological polar surface area (TPSA) is 115 Å². The molecule has 0 bridgehead atoms. The van der Waals surface area contributed by atoms with E-state index in [-0.39, 0.29) is 29.5 Å². The summed E-state index contributed by atoms with van der Waals surface area (Å²) in [4.78, 5) is 69.2. The van der Waals surface area contributed by atoms with Crippen LogP contribution >= 0.6 is 23.1 Å². The van der Waals surface area contributed by atoms with Crippen molar-refractivity contribution in [3.63, 3.8) is 0 Å². The van der Waals surface area contributed by atoms with Crippen LogP contribution in [0.5, 0.6) is 0 Å². The van der Waals surface area contributed by atoms with Crippen LogP contribution < -0.4 is 9.77 Å². The molecule has 2 saturated heterocycles. The third kappa shape index (κ3) is 4.95. The summed E-state index contributed by atoms with van der Waals surface area (Å²) < 4.78 is 25.6. The average Bonchev–Trinajstić information content (AvgIpc) is 3.44. The standard InChI is InChI=1S/C29H26FN3O7S2/c1-2-40-28(37)17-5-9-19(10-6-17)33-25(35)22-21(16-3-7-18(30)8-4-16)24-27(41-23(22)26(33)36)32(29(38)42-24)15-20(34)31-11-13-39-14-12-31/h3-10,21-23H,2,11-15H2,1H3/t21-,22?,23?/m0/s1. The van der Waals surface area contributed by atoms with Gasteiger partial charge in [0.15, 0.2) is 0 Å². The molecule has 0 spiro atoms. The first-order chi connectivity index (χ1) is 20.3. The number of morpholine rings is 1. The predicted octanol–water partition coefficient (Wildman–Crippen LogP) is 2.88. The molecular weight excluding hydrogens is 585 g/mol. The molecule has 218 valence electrons. The van der Waals surface area contributed by atoms with E-state index in [1.54, 1.807) is 24.0 Å². The van der Waals surface area contributed by atoms with Crippen LogP contribution in [0, 0.1) is 11.7 Å². The Kier molecular flexibility index (Phi) is 7.73. The number of thioether (sulfide) groups is 1. The summed E-state index contributed by atoms with van der Waals surface area (Å²) in [7, 11) is 0. The lowest BCUT2D eigenvalue weighted by Gasteiger charge is -2.31. The van der Waals surface area contributed by atoms with Gasteiger partial charge in [0.25, 0.3) is 0 Å². The van der Waals surface area contributed by atoms with E-state index in [0.717, 1.165) is 28.0 Å². The van der Waals surface area contributed by atoms with Crippen molar-refractivity contribution in [2.75, 3.05) is 37.8 Å². The fraction of sp³-hybridized carbons (Fsp3) is 0.345. The van der Waals surface area contributed by atoms with Crippen molar-refractivity contribution in [2.45, 2.75) is 29.7 Å². The number of anilines is 1. The number of fused-ring (bicyclic) bond motifs is 2. The first-order valence-electron chi connectivity index (χ1n) is 13.4. The number of imide groups is 1. The minimum absolute atomic E-state index is 0.202. The van der Waals surface area contributed by atoms with Crippen LogP contribution in [0.15, 0.2) is 58.4 Å². The molecule has 0 N–H and O–H groups in total. The first-order valence-corrected chi connectivity index (χ1v) is 15.1. The van der Waals surface area contributed by atoms with Crippen LogP contribution in [0.2, 0.25) is 0 Å². The highest BCUT2D eigenvalue weighted by molar-refractivity contribution is 8.00. The van der Waals surface area contributed by atoms with Crippen LogP contribution in [0.4, 0.5) is 10.1 Å². The van der Waals surface area contributed by atoms with Gasteiger partial charge < -0.3 is 14.4 Å². The number of carbonyl (C=O) groups is 4. The van der Waals surface area contributed by atoms with Gasteiger partial charge in [0.05, 0.1) is 42.0 Å². The number of aromatic nitrogens is 1. The summed E-state index contributed by atoms with van der Waals surface area (Å²) in [6.45, 7) is 3.39. The lowest BCUT2D eigenvalue weighted by molar-refractivity contribution is -0.136. The molecule has 2 unspecified atom stereocenters. The zero-order valence-corrected chi connectivity index (χ0v) is 24.1. The lowest BCUT2D eigenvalue weighted by Crippen LogP contribution is -2.43. The van der Waals surface area contributed by atoms with Gasteiger partial charge in [-0.15, -0.1) is 0 Å². The van der Waals surface area contributed by atoms with Gasteiger partial charge in [-0.3, -0.25) is 23.7 Å². The summed E-state index contributed by atoms with van der Waals surface area (Å²) >= 11 is 2.04. The van der Waals surface area contributed by atoms with Gasteiger partial charge >= 0.3 is 10.8 Å². The van der Waals surface area contributed by atoms with E-state index in [0.29, 0.717) is 47.5 Å². The number of hydrogen-bond donors (Lipinski definition) is 0. The van der Waals surface area contributed by atoms with E-state index < -0.39 is 40.7 Å². The molecule has 10 nitrogen and oxygen atoms in total. The van der Waals surface area contributed by atoms with Crippen LogP contribution in [0.25, 0.3) is 0 Å². The van der Waals surface area contributed by atoms with E-state index in [2.05, 4.69) is 0 Å². The molecule has 0 radical (unpaired) electrons. The predicted molar refractivity (Wildman–Crippen MR) is 152 cm³/mol. The Morgan fingerprint density at radius 1 is 1.00 bits per heavy atom. The number of benzene rings is 2. The summed E-state index contributed by atoms with van der Waals surface area (Å²) in [5.41, 5.74) is 1.17. The van der Waals surface area contributed by atoms with Crippen molar-refractivity contribution in [1.29, 1.82) is 0 Å². The number of rotatable bonds is 6. The van der Waals surface area contributed by atoms with Crippen molar-refractivity contribution >= 4 is 52.5 Å². The van der Waals surface area contributed by atoms with Gasteiger partial charge in [0.1, 0.15) is 17.6 Å². The van der Waals surface area contributed by atoms with Crippen molar-refractivity contribution < 1.29 is 33.0 Å². The Hall–Kier alpha value is -3.81. The Bertz CT molecular complexity index is 1610. The van der Waals surface area contributed by atoms with Gasteiger partial charge in [0.2, 0.25) is 17.7 Å². The zero-order chi connectivity index (χ0) is 29.5. The highest BCUT2D eigenvalue weighted by Gasteiger charge is 2.56. The highest BCUT2D eigenvalue weighted by Crippen LogP contribution is 2.53. The minimum Gasteiger partial charge on any atom is -0.462 e. The maximum Gasteiger partial charge on any atom is 0.338 e. The monoisotopic (exact) mass is 611 g/mol. The molecule has 3 aliphatic heterocycles. The first kappa shape index (κ1) is 28.3. The van der Waals surface area contributed by atoms with Crippen LogP contribution in [-0.2, 0) is 30.4 Å². The van der Waals surface area contributed by atoms with E-state index in [4.69, 9.17) is 9.47 Å². The zero-order valence-electron chi connectivity index (χ0n) is 22.5. The van der Waals surface area contributed by atoms with Crippen LogP contribution in [-0.4, -0.2) is 71.3 Å². The summed E-state index contributed by atoms with van der Waals surface area (Å²) in [5.74, 6) is -3.72. The summed E-state index contributed by atoms with van der Waals surface area (Å²) in [6.07, 6.45) is 0. The van der Waals surface area contributed by atoms with Crippen molar-refractivity contribution in [2.24, 2.45) is 5.92 Å². The molecule has 13 heteroatoms.